The van der Waals surface area contributed by atoms with Crippen molar-refractivity contribution in [2.24, 2.45) is 9.98 Å². The lowest BCUT2D eigenvalue weighted by molar-refractivity contribution is 0.0600. The molecule has 1 heterocycles. The fourth-order valence-electron chi connectivity index (χ4n) is 2.14. The number of esters is 1. The molecule has 0 spiro atoms. The summed E-state index contributed by atoms with van der Waals surface area (Å²) < 4.78 is 5.44. The van der Waals surface area contributed by atoms with Crippen LogP contribution in [0.2, 0.25) is 0 Å². The zero-order valence-electron chi connectivity index (χ0n) is 11.2. The van der Waals surface area contributed by atoms with Crippen LogP contribution in [-0.2, 0) is 4.74 Å². The van der Waals surface area contributed by atoms with Crippen LogP contribution in [-0.4, -0.2) is 13.1 Å². The molecule has 1 atom stereocenters. The Bertz CT molecular complexity index is 831. The van der Waals surface area contributed by atoms with Gasteiger partial charge in [0, 0.05) is 5.69 Å². The van der Waals surface area contributed by atoms with Crippen LogP contribution in [0, 0.1) is 0 Å². The Labute approximate surface area is 129 Å². The van der Waals surface area contributed by atoms with Crippen molar-refractivity contribution in [3.05, 3.63) is 62.7 Å². The second kappa shape index (κ2) is 5.29. The van der Waals surface area contributed by atoms with E-state index >= 15 is 0 Å². The first-order valence-electron chi connectivity index (χ1n) is 6.28. The second-order valence-electron chi connectivity index (χ2n) is 4.58. The van der Waals surface area contributed by atoms with Gasteiger partial charge in [0.2, 0.25) is 0 Å². The minimum atomic E-state index is -0.361. The van der Waals surface area contributed by atoms with E-state index in [2.05, 4.69) is 30.7 Å². The maximum atomic E-state index is 11.4. The standard InChI is InChI=1S/C15H12BrN3O2/c1-21-15(20)9-4-2-8(3-5-9)14-18-11-7-6-10(17)12(16)13(11)19-14/h2-7,14H,17H2,1H3. The van der Waals surface area contributed by atoms with Crippen molar-refractivity contribution in [3.8, 4) is 0 Å². The molecule has 0 saturated heterocycles. The van der Waals surface area contributed by atoms with Crippen LogP contribution in [0.5, 0.6) is 0 Å². The molecule has 21 heavy (non-hydrogen) atoms. The molecule has 2 aromatic rings. The fourth-order valence-corrected chi connectivity index (χ4v) is 2.58. The summed E-state index contributed by atoms with van der Waals surface area (Å²) in [6, 6.07) is 10.7. The number of methoxy groups -OCH3 is 1. The van der Waals surface area contributed by atoms with Crippen LogP contribution >= 0.6 is 15.9 Å². The van der Waals surface area contributed by atoms with Crippen LogP contribution in [0.25, 0.3) is 0 Å². The molecule has 0 aromatic heterocycles. The molecule has 5 nitrogen and oxygen atoms in total. The molecule has 2 N–H and O–H groups in total. The molecule has 2 aromatic carbocycles. The van der Waals surface area contributed by atoms with Gasteiger partial charge in [0.25, 0.3) is 0 Å². The second-order valence-corrected chi connectivity index (χ2v) is 5.37. The van der Waals surface area contributed by atoms with Gasteiger partial charge in [-0.2, -0.15) is 0 Å². The first-order chi connectivity index (χ1) is 10.1. The van der Waals surface area contributed by atoms with Crippen molar-refractivity contribution in [3.63, 3.8) is 0 Å². The number of nitrogen functional groups attached to an aromatic ring is 1. The molecule has 1 aliphatic heterocycles. The van der Waals surface area contributed by atoms with Crippen LogP contribution in [0.3, 0.4) is 0 Å². The van der Waals surface area contributed by atoms with Gasteiger partial charge in [-0.05, 0) is 45.8 Å². The highest BCUT2D eigenvalue weighted by molar-refractivity contribution is 9.10. The highest BCUT2D eigenvalue weighted by Crippen LogP contribution is 2.22. The Kier molecular flexibility index (Phi) is 3.47. The van der Waals surface area contributed by atoms with Crippen molar-refractivity contribution in [1.82, 2.24) is 0 Å². The third-order valence-electron chi connectivity index (χ3n) is 3.27. The van der Waals surface area contributed by atoms with E-state index < -0.39 is 0 Å². The lowest BCUT2D eigenvalue weighted by Crippen LogP contribution is -2.23. The number of nitrogens with zero attached hydrogens (tertiary/aromatic N) is 2. The van der Waals surface area contributed by atoms with Gasteiger partial charge >= 0.3 is 5.97 Å². The lowest BCUT2D eigenvalue weighted by Gasteiger charge is -2.05. The molecule has 106 valence electrons. The highest BCUT2D eigenvalue weighted by Gasteiger charge is 2.16. The Balaban J connectivity index is 1.98. The summed E-state index contributed by atoms with van der Waals surface area (Å²) in [6.45, 7) is 0. The van der Waals surface area contributed by atoms with E-state index in [1.165, 1.54) is 7.11 Å². The van der Waals surface area contributed by atoms with Gasteiger partial charge in [-0.3, -0.25) is 9.98 Å². The quantitative estimate of drug-likeness (QED) is 0.665. The number of ether oxygens (including phenoxy) is 1. The number of carbonyl (C=O) groups excluding carboxylic acids is 1. The zero-order valence-corrected chi connectivity index (χ0v) is 12.8. The largest absolute Gasteiger partial charge is 0.465 e. The summed E-state index contributed by atoms with van der Waals surface area (Å²) in [5.74, 6) is -0.361. The first-order valence-corrected chi connectivity index (χ1v) is 7.07. The van der Waals surface area contributed by atoms with E-state index in [1.807, 2.05) is 18.2 Å². The molecule has 0 aliphatic carbocycles. The molecule has 0 radical (unpaired) electrons. The third kappa shape index (κ3) is 2.42. The molecule has 3 rings (SSSR count). The molecule has 1 aliphatic rings. The van der Waals surface area contributed by atoms with E-state index in [1.54, 1.807) is 18.2 Å². The zero-order chi connectivity index (χ0) is 15.0. The molecule has 0 saturated carbocycles. The van der Waals surface area contributed by atoms with Crippen molar-refractivity contribution in [1.29, 1.82) is 0 Å². The van der Waals surface area contributed by atoms with Gasteiger partial charge in [-0.15, -0.1) is 0 Å². The Morgan fingerprint density at radius 2 is 1.90 bits per heavy atom. The minimum Gasteiger partial charge on any atom is -0.465 e. The maximum Gasteiger partial charge on any atom is 0.337 e. The predicted octanol–water partition coefficient (Wildman–Crippen LogP) is 1.77. The molecule has 1 unspecified atom stereocenters. The van der Waals surface area contributed by atoms with Crippen LogP contribution in [0.15, 0.2) is 50.9 Å². The molecular weight excluding hydrogens is 334 g/mol. The van der Waals surface area contributed by atoms with E-state index in [0.29, 0.717) is 11.3 Å². The first kappa shape index (κ1) is 13.8. The Morgan fingerprint density at radius 3 is 2.57 bits per heavy atom. The SMILES string of the molecule is COC(=O)c1ccc(C2N=c3ccc(N)c(Br)c3=N2)cc1. The summed E-state index contributed by atoms with van der Waals surface area (Å²) in [5, 5.41) is 1.56. The number of nitrogens with two attached hydrogens (primary N) is 1. The number of carbonyl (C=O) groups is 1. The number of benzene rings is 2. The van der Waals surface area contributed by atoms with Crippen molar-refractivity contribution in [2.45, 2.75) is 6.17 Å². The lowest BCUT2D eigenvalue weighted by atomic mass is 10.1. The summed E-state index contributed by atoms with van der Waals surface area (Å²) in [4.78, 5) is 20.5. The average Bonchev–Trinajstić information content (AvgIpc) is 2.95. The fraction of sp³-hybridized carbons (Fsp3) is 0.133. The predicted molar refractivity (Wildman–Crippen MR) is 81.4 cm³/mol. The van der Waals surface area contributed by atoms with Crippen LogP contribution in [0.4, 0.5) is 5.69 Å². The number of hydrogen-bond donors (Lipinski definition) is 1. The van der Waals surface area contributed by atoms with Gasteiger partial charge in [-0.1, -0.05) is 12.1 Å². The topological polar surface area (TPSA) is 77.0 Å². The van der Waals surface area contributed by atoms with Crippen molar-refractivity contribution >= 4 is 27.6 Å². The average molecular weight is 346 g/mol. The Hall–Kier alpha value is -2.21. The van der Waals surface area contributed by atoms with E-state index in [0.717, 1.165) is 20.8 Å². The number of fused-ring (bicyclic) bond motifs is 1. The van der Waals surface area contributed by atoms with Gasteiger partial charge < -0.3 is 10.5 Å². The van der Waals surface area contributed by atoms with E-state index in [9.17, 15) is 4.79 Å². The molecule has 0 amide bonds. The number of hydrogen-bond acceptors (Lipinski definition) is 5. The van der Waals surface area contributed by atoms with Crippen LogP contribution in [0.1, 0.15) is 22.1 Å². The Morgan fingerprint density at radius 1 is 1.19 bits per heavy atom. The normalized spacial score (nSPS) is 15.8. The van der Waals surface area contributed by atoms with Crippen molar-refractivity contribution in [2.75, 3.05) is 12.8 Å². The molecule has 0 fully saturated rings. The number of anilines is 1. The molecular formula is C15H12BrN3O2. The van der Waals surface area contributed by atoms with Crippen molar-refractivity contribution < 1.29 is 9.53 Å². The van der Waals surface area contributed by atoms with E-state index in [4.69, 9.17) is 5.73 Å². The highest BCUT2D eigenvalue weighted by atomic mass is 79.9. The summed E-state index contributed by atoms with van der Waals surface area (Å²) in [7, 11) is 1.36. The monoisotopic (exact) mass is 345 g/mol. The molecule has 0 bridgehead atoms. The summed E-state index contributed by atoms with van der Waals surface area (Å²) >= 11 is 3.43. The van der Waals surface area contributed by atoms with Gasteiger partial charge in [-0.25, -0.2) is 4.79 Å². The van der Waals surface area contributed by atoms with Gasteiger partial charge in [0.1, 0.15) is 5.36 Å². The third-order valence-corrected chi connectivity index (χ3v) is 4.10. The van der Waals surface area contributed by atoms with E-state index in [-0.39, 0.29) is 12.1 Å². The summed E-state index contributed by atoms with van der Waals surface area (Å²) in [5.41, 5.74) is 7.89. The number of rotatable bonds is 2. The maximum absolute atomic E-state index is 11.4. The van der Waals surface area contributed by atoms with Gasteiger partial charge in [0.15, 0.2) is 6.17 Å². The van der Waals surface area contributed by atoms with Crippen LogP contribution < -0.4 is 16.4 Å². The minimum absolute atomic E-state index is 0.315. The molecule has 6 heteroatoms. The summed E-state index contributed by atoms with van der Waals surface area (Å²) in [6.07, 6.45) is -0.315. The van der Waals surface area contributed by atoms with Gasteiger partial charge in [0.05, 0.1) is 22.5 Å². The number of halogens is 1. The smallest absolute Gasteiger partial charge is 0.337 e.